The number of aryl methyl sites for hydroxylation is 1. The average molecular weight is 263 g/mol. The zero-order valence-electron chi connectivity index (χ0n) is 10.1. The van der Waals surface area contributed by atoms with Crippen molar-refractivity contribution in [2.24, 2.45) is 0 Å². The molecule has 0 bridgehead atoms. The second-order valence-corrected chi connectivity index (χ2v) is 3.95. The Bertz CT molecular complexity index is 585. The van der Waals surface area contributed by atoms with Gasteiger partial charge in [-0.3, -0.25) is 9.78 Å². The Morgan fingerprint density at radius 3 is 2.74 bits per heavy atom. The number of pyridine rings is 1. The van der Waals surface area contributed by atoms with Gasteiger partial charge in [-0.25, -0.2) is 0 Å². The van der Waals surface area contributed by atoms with Gasteiger partial charge in [0.2, 0.25) is 0 Å². The molecule has 0 aliphatic heterocycles. The van der Waals surface area contributed by atoms with E-state index < -0.39 is 12.4 Å². The molecule has 0 fully saturated rings. The van der Waals surface area contributed by atoms with E-state index in [0.717, 1.165) is 5.56 Å². The van der Waals surface area contributed by atoms with Crippen LogP contribution in [0.2, 0.25) is 0 Å². The Balaban J connectivity index is 2.43. The Morgan fingerprint density at radius 2 is 2.11 bits per heavy atom. The van der Waals surface area contributed by atoms with Crippen LogP contribution in [0, 0.1) is 6.92 Å². The molecule has 0 saturated heterocycles. The van der Waals surface area contributed by atoms with Crippen LogP contribution in [0.15, 0.2) is 42.7 Å². The number of carbonyl (C=O) groups is 1. The van der Waals surface area contributed by atoms with E-state index in [1.807, 2.05) is 0 Å². The highest BCUT2D eigenvalue weighted by atomic mass is 19.3. The van der Waals surface area contributed by atoms with E-state index in [1.54, 1.807) is 25.1 Å². The summed E-state index contributed by atoms with van der Waals surface area (Å²) in [5.41, 5.74) is 1.22. The molecular formula is C14H11F2NO2. The molecule has 1 heterocycles. The largest absolute Gasteiger partial charge is 0.434 e. The van der Waals surface area contributed by atoms with Gasteiger partial charge in [0.25, 0.3) is 0 Å². The first-order valence-corrected chi connectivity index (χ1v) is 5.58. The van der Waals surface area contributed by atoms with E-state index in [2.05, 4.69) is 9.72 Å². The van der Waals surface area contributed by atoms with Crippen LogP contribution in [0.1, 0.15) is 21.5 Å². The number of halogens is 2. The highest BCUT2D eigenvalue weighted by molar-refractivity contribution is 6.10. The van der Waals surface area contributed by atoms with Crippen LogP contribution in [0.25, 0.3) is 0 Å². The van der Waals surface area contributed by atoms with Crippen molar-refractivity contribution in [3.05, 3.63) is 59.4 Å². The molecule has 2 aromatic rings. The van der Waals surface area contributed by atoms with Crippen LogP contribution >= 0.6 is 0 Å². The molecule has 0 amide bonds. The fourth-order valence-electron chi connectivity index (χ4n) is 1.67. The third-order valence-corrected chi connectivity index (χ3v) is 2.52. The monoisotopic (exact) mass is 263 g/mol. The summed E-state index contributed by atoms with van der Waals surface area (Å²) in [5.74, 6) is -0.526. The van der Waals surface area contributed by atoms with Crippen molar-refractivity contribution in [3.63, 3.8) is 0 Å². The van der Waals surface area contributed by atoms with Crippen LogP contribution in [0.5, 0.6) is 5.75 Å². The SMILES string of the molecule is Cc1ccc(OC(F)F)c(C(=O)c2cccnc2)c1. The average Bonchev–Trinajstić information content (AvgIpc) is 2.40. The predicted octanol–water partition coefficient (Wildman–Crippen LogP) is 3.22. The second-order valence-electron chi connectivity index (χ2n) is 3.95. The number of hydrogen-bond acceptors (Lipinski definition) is 3. The molecule has 0 N–H and O–H groups in total. The van der Waals surface area contributed by atoms with Crippen molar-refractivity contribution in [1.82, 2.24) is 4.98 Å². The van der Waals surface area contributed by atoms with Gasteiger partial charge in [0.1, 0.15) is 5.75 Å². The minimum absolute atomic E-state index is 0.105. The molecule has 98 valence electrons. The maximum atomic E-state index is 12.3. The van der Waals surface area contributed by atoms with Gasteiger partial charge in [-0.2, -0.15) is 8.78 Å². The minimum atomic E-state index is -2.97. The maximum absolute atomic E-state index is 12.3. The number of rotatable bonds is 4. The highest BCUT2D eigenvalue weighted by Crippen LogP contribution is 2.24. The fraction of sp³-hybridized carbons (Fsp3) is 0.143. The minimum Gasteiger partial charge on any atom is -0.434 e. The lowest BCUT2D eigenvalue weighted by molar-refractivity contribution is -0.0501. The van der Waals surface area contributed by atoms with Crippen molar-refractivity contribution in [1.29, 1.82) is 0 Å². The van der Waals surface area contributed by atoms with E-state index >= 15 is 0 Å². The Hall–Kier alpha value is -2.30. The second kappa shape index (κ2) is 5.56. The molecule has 0 unspecified atom stereocenters. The number of benzene rings is 1. The first kappa shape index (κ1) is 13.1. The quantitative estimate of drug-likeness (QED) is 0.795. The third kappa shape index (κ3) is 3.13. The first-order chi connectivity index (χ1) is 9.08. The normalized spacial score (nSPS) is 10.5. The topological polar surface area (TPSA) is 39.2 Å². The van der Waals surface area contributed by atoms with Crippen molar-refractivity contribution in [3.8, 4) is 5.75 Å². The van der Waals surface area contributed by atoms with Gasteiger partial charge in [-0.15, -0.1) is 0 Å². The molecule has 0 spiro atoms. The molecule has 1 aromatic carbocycles. The van der Waals surface area contributed by atoms with Crippen LogP contribution in [0.4, 0.5) is 8.78 Å². The maximum Gasteiger partial charge on any atom is 0.387 e. The number of alkyl halides is 2. The van der Waals surface area contributed by atoms with Crippen LogP contribution in [0.3, 0.4) is 0 Å². The standard InChI is InChI=1S/C14H11F2NO2/c1-9-4-5-12(19-14(15)16)11(7-9)13(18)10-3-2-6-17-8-10/h2-8,14H,1H3. The summed E-state index contributed by atoms with van der Waals surface area (Å²) in [6, 6.07) is 7.68. The summed E-state index contributed by atoms with van der Waals surface area (Å²) in [6.07, 6.45) is 2.92. The molecule has 0 saturated carbocycles. The van der Waals surface area contributed by atoms with E-state index in [9.17, 15) is 13.6 Å². The van der Waals surface area contributed by atoms with Crippen LogP contribution < -0.4 is 4.74 Å². The lowest BCUT2D eigenvalue weighted by Gasteiger charge is -2.10. The Labute approximate surface area is 108 Å². The number of nitrogens with zero attached hydrogens (tertiary/aromatic N) is 1. The fourth-order valence-corrected chi connectivity index (χ4v) is 1.67. The summed E-state index contributed by atoms with van der Waals surface area (Å²) in [7, 11) is 0. The number of hydrogen-bond donors (Lipinski definition) is 0. The Kier molecular flexibility index (Phi) is 3.85. The van der Waals surface area contributed by atoms with E-state index in [-0.39, 0.29) is 11.3 Å². The number of ether oxygens (including phenoxy) is 1. The number of ketones is 1. The lowest BCUT2D eigenvalue weighted by Crippen LogP contribution is -2.09. The van der Waals surface area contributed by atoms with Crippen molar-refractivity contribution in [2.75, 3.05) is 0 Å². The molecule has 2 rings (SSSR count). The summed E-state index contributed by atoms with van der Waals surface area (Å²) >= 11 is 0. The zero-order valence-corrected chi connectivity index (χ0v) is 10.1. The molecule has 1 aromatic heterocycles. The predicted molar refractivity (Wildman–Crippen MR) is 65.5 cm³/mol. The summed E-state index contributed by atoms with van der Waals surface area (Å²) < 4.78 is 29.0. The lowest BCUT2D eigenvalue weighted by atomic mass is 10.0. The molecule has 0 aliphatic carbocycles. The summed E-state index contributed by atoms with van der Waals surface area (Å²) in [6.45, 7) is -1.20. The molecule has 0 aliphatic rings. The zero-order chi connectivity index (χ0) is 13.8. The van der Waals surface area contributed by atoms with Crippen molar-refractivity contribution >= 4 is 5.78 Å². The number of aromatic nitrogens is 1. The number of carbonyl (C=O) groups excluding carboxylic acids is 1. The van der Waals surface area contributed by atoms with Crippen molar-refractivity contribution < 1.29 is 18.3 Å². The third-order valence-electron chi connectivity index (χ3n) is 2.52. The molecular weight excluding hydrogens is 252 g/mol. The summed E-state index contributed by atoms with van der Waals surface area (Å²) in [5, 5.41) is 0. The summed E-state index contributed by atoms with van der Waals surface area (Å²) in [4.78, 5) is 16.1. The molecule has 5 heteroatoms. The van der Waals surface area contributed by atoms with Gasteiger partial charge in [0.15, 0.2) is 5.78 Å². The Morgan fingerprint density at radius 1 is 1.32 bits per heavy atom. The van der Waals surface area contributed by atoms with Gasteiger partial charge in [-0.05, 0) is 31.2 Å². The van der Waals surface area contributed by atoms with Gasteiger partial charge in [0.05, 0.1) is 5.56 Å². The first-order valence-electron chi connectivity index (χ1n) is 5.58. The smallest absolute Gasteiger partial charge is 0.387 e. The van der Waals surface area contributed by atoms with E-state index in [0.29, 0.717) is 5.56 Å². The molecule has 0 radical (unpaired) electrons. The highest BCUT2D eigenvalue weighted by Gasteiger charge is 2.17. The van der Waals surface area contributed by atoms with E-state index in [1.165, 1.54) is 24.5 Å². The van der Waals surface area contributed by atoms with Gasteiger partial charge < -0.3 is 4.74 Å². The molecule has 19 heavy (non-hydrogen) atoms. The van der Waals surface area contributed by atoms with Crippen LogP contribution in [-0.2, 0) is 0 Å². The molecule has 0 atom stereocenters. The van der Waals surface area contributed by atoms with Gasteiger partial charge in [0, 0.05) is 18.0 Å². The van der Waals surface area contributed by atoms with E-state index in [4.69, 9.17) is 0 Å². The van der Waals surface area contributed by atoms with Crippen molar-refractivity contribution in [2.45, 2.75) is 13.5 Å². The van der Waals surface area contributed by atoms with Gasteiger partial charge >= 0.3 is 6.61 Å². The molecule has 3 nitrogen and oxygen atoms in total. The van der Waals surface area contributed by atoms with Crippen LogP contribution in [-0.4, -0.2) is 17.4 Å². The van der Waals surface area contributed by atoms with Gasteiger partial charge in [-0.1, -0.05) is 11.6 Å².